The second-order valence-corrected chi connectivity index (χ2v) is 5.67. The van der Waals surface area contributed by atoms with Crippen molar-refractivity contribution >= 4 is 10.3 Å². The Morgan fingerprint density at radius 3 is 1.12 bits per heavy atom. The first-order chi connectivity index (χ1) is 2.56. The third-order valence-corrected chi connectivity index (χ3v) is 1.50. The minimum Gasteiger partial charge on any atom is -0.341 e. The van der Waals surface area contributed by atoms with Gasteiger partial charge in [-0.05, 0) is 18.8 Å². The molecule has 0 fully saturated rings. The first-order valence-corrected chi connectivity index (χ1v) is 4.58. The molecule has 0 aliphatic carbocycles. The summed E-state index contributed by atoms with van der Waals surface area (Å²) in [5.41, 5.74) is 0. The van der Waals surface area contributed by atoms with Gasteiger partial charge in [-0.15, -0.1) is 10.3 Å². The summed E-state index contributed by atoms with van der Waals surface area (Å²) < 4.78 is 5.02. The summed E-state index contributed by atoms with van der Waals surface area (Å²) in [6, 6.07) is 0. The zero-order chi connectivity index (χ0) is 5.21. The summed E-state index contributed by atoms with van der Waals surface area (Å²) >= 11 is 0. The van der Waals surface area contributed by atoms with E-state index in [9.17, 15) is 0 Å². The summed E-state index contributed by atoms with van der Waals surface area (Å²) in [5.74, 6) is 0. The van der Waals surface area contributed by atoms with Gasteiger partial charge < -0.3 is 4.18 Å². The van der Waals surface area contributed by atoms with Crippen LogP contribution in [-0.2, 0) is 4.18 Å². The van der Waals surface area contributed by atoms with Crippen LogP contribution in [0.4, 0.5) is 0 Å². The minimum absolute atomic E-state index is 0. The summed E-state index contributed by atoms with van der Waals surface area (Å²) in [4.78, 5) is 0. The van der Waals surface area contributed by atoms with E-state index in [4.69, 9.17) is 4.18 Å². The van der Waals surface area contributed by atoms with Crippen molar-refractivity contribution < 1.29 is 4.18 Å². The molecule has 0 aromatic carbocycles. The van der Waals surface area contributed by atoms with Crippen LogP contribution in [0.25, 0.3) is 0 Å². The van der Waals surface area contributed by atoms with Crippen LogP contribution >= 0.6 is 10.3 Å². The largest absolute Gasteiger partial charge is 0.341 e. The maximum Gasteiger partial charge on any atom is 0.0481 e. The summed E-state index contributed by atoms with van der Waals surface area (Å²) in [6.45, 7) is 0. The molecule has 56 valence electrons. The molecule has 0 unspecified atom stereocenters. The summed E-state index contributed by atoms with van der Waals surface area (Å²) in [6.07, 6.45) is 6.31. The molecule has 1 nitrogen and oxygen atoms in total. The van der Waals surface area contributed by atoms with Crippen LogP contribution in [0.5, 0.6) is 0 Å². The van der Waals surface area contributed by atoms with Crippen LogP contribution < -0.4 is 0 Å². The van der Waals surface area contributed by atoms with Gasteiger partial charge in [-0.3, -0.25) is 0 Å². The van der Waals surface area contributed by atoms with Gasteiger partial charge >= 0.3 is 0 Å². The average molecular weight is 140 g/mol. The lowest BCUT2D eigenvalue weighted by Crippen LogP contribution is -1.91. The third kappa shape index (κ3) is 16.2. The fraction of sp³-hybridized carbons (Fsp3) is 1.00. The van der Waals surface area contributed by atoms with Crippen LogP contribution in [0, 0.1) is 0 Å². The highest BCUT2D eigenvalue weighted by atomic mass is 32.3. The number of hydrogen-bond donors (Lipinski definition) is 0. The average Bonchev–Trinajstić information content (AvgIpc) is 1.35. The highest BCUT2D eigenvalue weighted by Crippen LogP contribution is 2.33. The quantitative estimate of drug-likeness (QED) is 0.544. The van der Waals surface area contributed by atoms with Crippen molar-refractivity contribution in [1.29, 1.82) is 0 Å². The van der Waals surface area contributed by atoms with E-state index in [1.165, 1.54) is 0 Å². The summed E-state index contributed by atoms with van der Waals surface area (Å²) in [5, 5.41) is 0. The highest BCUT2D eigenvalue weighted by Gasteiger charge is 1.95. The van der Waals surface area contributed by atoms with Crippen molar-refractivity contribution in [2.45, 2.75) is 14.9 Å². The van der Waals surface area contributed by atoms with Gasteiger partial charge in [-0.2, -0.15) is 0 Å². The second-order valence-electron chi connectivity index (χ2n) is 1.89. The lowest BCUT2D eigenvalue weighted by atomic mass is 11.8. The van der Waals surface area contributed by atoms with Crippen molar-refractivity contribution in [2.24, 2.45) is 0 Å². The van der Waals surface area contributed by atoms with Crippen LogP contribution in [0.15, 0.2) is 0 Å². The molecule has 0 bridgehead atoms. The molecule has 0 spiro atoms. The Morgan fingerprint density at radius 1 is 1.00 bits per heavy atom. The molecule has 2 heteroatoms. The molecule has 0 radical (unpaired) electrons. The first-order valence-electron chi connectivity index (χ1n) is 1.80. The highest BCUT2D eigenvalue weighted by molar-refractivity contribution is 8.28. The monoisotopic (exact) mass is 140 g/mol. The summed E-state index contributed by atoms with van der Waals surface area (Å²) in [7, 11) is 1.08. The first kappa shape index (κ1) is 15.7. The number of rotatable bonds is 1. The Labute approximate surface area is 56.0 Å². The van der Waals surface area contributed by atoms with Gasteiger partial charge in [0.2, 0.25) is 0 Å². The molecule has 0 aliphatic rings. The van der Waals surface area contributed by atoms with Crippen molar-refractivity contribution in [3.8, 4) is 0 Å². The third-order valence-electron chi connectivity index (χ3n) is 0.500. The molecule has 0 aliphatic heterocycles. The molecule has 0 N–H and O–H groups in total. The van der Waals surface area contributed by atoms with E-state index >= 15 is 0 Å². The Balaban J connectivity index is -0.000000125. The molecule has 0 atom stereocenters. The van der Waals surface area contributed by atoms with E-state index < -0.39 is 10.3 Å². The molecule has 0 rings (SSSR count). The fourth-order valence-electron chi connectivity index (χ4n) is 0. The molecule has 0 amide bonds. The molecule has 0 saturated carbocycles. The predicted molar refractivity (Wildman–Crippen MR) is 45.8 cm³/mol. The molecule has 0 aromatic heterocycles. The Morgan fingerprint density at radius 2 is 1.12 bits per heavy atom. The molecule has 0 heterocycles. The lowest BCUT2D eigenvalue weighted by molar-refractivity contribution is 0.474. The van der Waals surface area contributed by atoms with Crippen molar-refractivity contribution in [3.63, 3.8) is 0 Å². The van der Waals surface area contributed by atoms with E-state index in [1.807, 2.05) is 0 Å². The standard InChI is InChI=1S/C4H12OS.2CH4/c1-5-6(2,3)4;;/h1-4H3;2*1H4. The normalized spacial score (nSPS) is 11.0. The van der Waals surface area contributed by atoms with Gasteiger partial charge in [0.1, 0.15) is 0 Å². The van der Waals surface area contributed by atoms with Crippen LogP contribution in [0.2, 0.25) is 0 Å². The predicted octanol–water partition coefficient (Wildman–Crippen LogP) is 2.51. The Bertz CT molecular complexity index is 38.3. The maximum atomic E-state index is 5.02. The molecule has 0 aromatic rings. The Kier molecular flexibility index (Phi) is 10.7. The Hall–Kier alpha value is 0.310. The molecule has 8 heavy (non-hydrogen) atoms. The van der Waals surface area contributed by atoms with Gasteiger partial charge in [-0.1, -0.05) is 14.9 Å². The van der Waals surface area contributed by atoms with Gasteiger partial charge in [0, 0.05) is 7.11 Å². The van der Waals surface area contributed by atoms with E-state index in [-0.39, 0.29) is 14.9 Å². The van der Waals surface area contributed by atoms with E-state index in [0.29, 0.717) is 0 Å². The minimum atomic E-state index is -0.662. The van der Waals surface area contributed by atoms with Crippen LogP contribution in [0.1, 0.15) is 14.9 Å². The molecular weight excluding hydrogens is 120 g/mol. The fourth-order valence-corrected chi connectivity index (χ4v) is 0. The van der Waals surface area contributed by atoms with Crippen molar-refractivity contribution in [2.75, 3.05) is 25.9 Å². The maximum absolute atomic E-state index is 5.02. The zero-order valence-corrected chi connectivity index (χ0v) is 5.63. The number of hydrogen-bond acceptors (Lipinski definition) is 1. The second kappa shape index (κ2) is 5.45. The van der Waals surface area contributed by atoms with Gasteiger partial charge in [-0.25, -0.2) is 0 Å². The SMILES string of the molecule is C.C.COS(C)(C)C. The zero-order valence-electron chi connectivity index (χ0n) is 4.82. The van der Waals surface area contributed by atoms with Crippen molar-refractivity contribution in [1.82, 2.24) is 0 Å². The molecular formula is C6H20OS. The van der Waals surface area contributed by atoms with E-state index in [0.717, 1.165) is 0 Å². The van der Waals surface area contributed by atoms with Crippen molar-refractivity contribution in [3.05, 3.63) is 0 Å². The molecule has 0 saturated heterocycles. The van der Waals surface area contributed by atoms with Gasteiger partial charge in [0.25, 0.3) is 0 Å². The van der Waals surface area contributed by atoms with E-state index in [1.54, 1.807) is 7.11 Å². The smallest absolute Gasteiger partial charge is 0.0481 e. The lowest BCUT2D eigenvalue weighted by Gasteiger charge is -2.21. The van der Waals surface area contributed by atoms with Crippen LogP contribution in [-0.4, -0.2) is 25.9 Å². The van der Waals surface area contributed by atoms with Gasteiger partial charge in [0.05, 0.1) is 0 Å². The van der Waals surface area contributed by atoms with E-state index in [2.05, 4.69) is 18.8 Å². The topological polar surface area (TPSA) is 9.23 Å². The van der Waals surface area contributed by atoms with Gasteiger partial charge in [0.15, 0.2) is 0 Å². The van der Waals surface area contributed by atoms with Crippen LogP contribution in [0.3, 0.4) is 0 Å².